The maximum Gasteiger partial charge on any atom is 0.416 e. The van der Waals surface area contributed by atoms with Gasteiger partial charge in [-0.05, 0) is 67.1 Å². The van der Waals surface area contributed by atoms with E-state index in [1.54, 1.807) is 0 Å². The molecule has 0 bridgehead atoms. The van der Waals surface area contributed by atoms with E-state index >= 15 is 0 Å². The zero-order valence-corrected chi connectivity index (χ0v) is 25.0. The van der Waals surface area contributed by atoms with E-state index in [1.807, 2.05) is 6.07 Å². The fourth-order valence-corrected chi connectivity index (χ4v) is 5.47. The first-order valence-electron chi connectivity index (χ1n) is 13.6. The first-order valence-corrected chi connectivity index (χ1v) is 15.4. The number of amides is 1. The number of benzene rings is 2. The molecule has 0 unspecified atom stereocenters. The summed E-state index contributed by atoms with van der Waals surface area (Å²) in [5.74, 6) is -2.04. The van der Waals surface area contributed by atoms with Crippen molar-refractivity contribution in [2.75, 3.05) is 18.1 Å². The first-order chi connectivity index (χ1) is 21.4. The smallest absolute Gasteiger partial charge is 0.331 e. The Morgan fingerprint density at radius 3 is 2.17 bits per heavy atom. The molecule has 1 atom stereocenters. The SMILES string of the molecule is CCS(=O)(=O)CCN(C(=O)Cc1cc(C(F)(F)F)cc(C(F)(F)F)c1)[C@H](C)c1nc2ncccc2c(=O)n1-c1ccc(C#N)cc1. The minimum Gasteiger partial charge on any atom is -0.331 e. The van der Waals surface area contributed by atoms with Crippen molar-refractivity contribution in [3.8, 4) is 11.8 Å². The number of nitriles is 1. The summed E-state index contributed by atoms with van der Waals surface area (Å²) in [5.41, 5.74) is -4.02. The molecular formula is C30H25F6N5O4S. The van der Waals surface area contributed by atoms with Gasteiger partial charge in [-0.2, -0.15) is 31.6 Å². The summed E-state index contributed by atoms with van der Waals surface area (Å²) in [5, 5.41) is 9.29. The Labute approximate surface area is 258 Å². The highest BCUT2D eigenvalue weighted by molar-refractivity contribution is 7.91. The summed E-state index contributed by atoms with van der Waals surface area (Å²) < 4.78 is 107. The van der Waals surface area contributed by atoms with Crippen molar-refractivity contribution in [3.63, 3.8) is 0 Å². The highest BCUT2D eigenvalue weighted by Crippen LogP contribution is 2.36. The van der Waals surface area contributed by atoms with E-state index in [0.29, 0.717) is 12.1 Å². The minimum absolute atomic E-state index is 0.0273. The molecule has 2 aromatic heterocycles. The lowest BCUT2D eigenvalue weighted by Gasteiger charge is -2.30. The molecule has 16 heteroatoms. The van der Waals surface area contributed by atoms with E-state index in [4.69, 9.17) is 0 Å². The fourth-order valence-electron chi connectivity index (χ4n) is 4.70. The summed E-state index contributed by atoms with van der Waals surface area (Å²) >= 11 is 0. The number of sulfone groups is 1. The summed E-state index contributed by atoms with van der Waals surface area (Å²) in [4.78, 5) is 37.0. The van der Waals surface area contributed by atoms with Crippen LogP contribution in [0.1, 0.15) is 48.0 Å². The molecule has 0 saturated heterocycles. The molecule has 4 rings (SSSR count). The molecule has 0 aliphatic carbocycles. The highest BCUT2D eigenvalue weighted by atomic mass is 32.2. The Hall–Kier alpha value is -4.78. The predicted molar refractivity (Wildman–Crippen MR) is 154 cm³/mol. The third-order valence-electron chi connectivity index (χ3n) is 7.17. The fraction of sp³-hybridized carbons (Fsp3) is 0.300. The molecule has 1 amide bonds. The van der Waals surface area contributed by atoms with Gasteiger partial charge in [0.05, 0.1) is 52.0 Å². The standard InChI is InChI=1S/C30H25F6N5O4S/c1-3-46(44,45)12-11-40(25(42)15-20-13-21(29(31,32)33)16-22(14-20)30(34,35)36)18(2)27-39-26-24(5-4-10-38-26)28(43)41(27)23-8-6-19(17-37)7-9-23/h4-10,13-14,16,18H,3,11-12,15H2,1-2H3/t18-/m1/s1. The van der Waals surface area contributed by atoms with E-state index in [-0.39, 0.29) is 39.9 Å². The number of nitrogens with zero attached hydrogens (tertiary/aromatic N) is 5. The quantitative estimate of drug-likeness (QED) is 0.224. The molecule has 46 heavy (non-hydrogen) atoms. The van der Waals surface area contributed by atoms with E-state index in [2.05, 4.69) is 9.97 Å². The zero-order chi connectivity index (χ0) is 34.0. The molecule has 0 aliphatic rings. The molecular weight excluding hydrogens is 640 g/mol. The lowest BCUT2D eigenvalue weighted by atomic mass is 10.0. The second kappa shape index (κ2) is 12.9. The van der Waals surface area contributed by atoms with Crippen molar-refractivity contribution in [2.45, 2.75) is 38.7 Å². The molecule has 0 N–H and O–H groups in total. The number of alkyl halides is 6. The van der Waals surface area contributed by atoms with Crippen LogP contribution in [0.25, 0.3) is 16.7 Å². The van der Waals surface area contributed by atoms with Gasteiger partial charge in [0.1, 0.15) is 5.82 Å². The second-order valence-electron chi connectivity index (χ2n) is 10.2. The van der Waals surface area contributed by atoms with Crippen molar-refractivity contribution in [1.82, 2.24) is 19.4 Å². The van der Waals surface area contributed by atoms with Crippen LogP contribution in [-0.2, 0) is 33.4 Å². The number of pyridine rings is 1. The predicted octanol–water partition coefficient (Wildman–Crippen LogP) is 5.26. The normalized spacial score (nSPS) is 12.9. The maximum atomic E-state index is 13.7. The first kappa shape index (κ1) is 34.1. The molecule has 4 aromatic rings. The molecule has 0 radical (unpaired) electrons. The molecule has 0 saturated carbocycles. The van der Waals surface area contributed by atoms with Crippen LogP contribution in [-0.4, -0.2) is 51.8 Å². The van der Waals surface area contributed by atoms with Crippen LogP contribution in [0.4, 0.5) is 26.3 Å². The molecule has 242 valence electrons. The summed E-state index contributed by atoms with van der Waals surface area (Å²) in [7, 11) is -3.72. The van der Waals surface area contributed by atoms with E-state index in [1.165, 1.54) is 56.4 Å². The van der Waals surface area contributed by atoms with Gasteiger partial charge < -0.3 is 4.90 Å². The second-order valence-corrected chi connectivity index (χ2v) is 12.7. The lowest BCUT2D eigenvalue weighted by Crippen LogP contribution is -2.41. The Bertz CT molecular complexity index is 1950. The highest BCUT2D eigenvalue weighted by Gasteiger charge is 2.37. The zero-order valence-electron chi connectivity index (χ0n) is 24.2. The number of fused-ring (bicyclic) bond motifs is 1. The average molecular weight is 666 g/mol. The molecule has 9 nitrogen and oxygen atoms in total. The Morgan fingerprint density at radius 1 is 1.02 bits per heavy atom. The van der Waals surface area contributed by atoms with Crippen molar-refractivity contribution in [1.29, 1.82) is 5.26 Å². The van der Waals surface area contributed by atoms with E-state index < -0.39 is 75.1 Å². The van der Waals surface area contributed by atoms with Gasteiger partial charge in [0.25, 0.3) is 5.56 Å². The Morgan fingerprint density at radius 2 is 1.63 bits per heavy atom. The van der Waals surface area contributed by atoms with Gasteiger partial charge in [0.2, 0.25) is 5.91 Å². The van der Waals surface area contributed by atoms with Crippen LogP contribution in [0, 0.1) is 11.3 Å². The number of aromatic nitrogens is 3. The van der Waals surface area contributed by atoms with Gasteiger partial charge in [0.15, 0.2) is 15.5 Å². The lowest BCUT2D eigenvalue weighted by molar-refractivity contribution is -0.143. The Kier molecular flexibility index (Phi) is 9.57. The maximum absolute atomic E-state index is 13.7. The van der Waals surface area contributed by atoms with Gasteiger partial charge >= 0.3 is 12.4 Å². The third-order valence-corrected chi connectivity index (χ3v) is 8.86. The summed E-state index contributed by atoms with van der Waals surface area (Å²) in [6.07, 6.45) is -9.91. The van der Waals surface area contributed by atoms with Crippen LogP contribution in [0.3, 0.4) is 0 Å². The summed E-state index contributed by atoms with van der Waals surface area (Å²) in [6.45, 7) is 2.23. The number of carbonyl (C=O) groups is 1. The van der Waals surface area contributed by atoms with E-state index in [9.17, 15) is 49.6 Å². The number of carbonyl (C=O) groups excluding carboxylic acids is 1. The van der Waals surface area contributed by atoms with Crippen LogP contribution in [0.2, 0.25) is 0 Å². The minimum atomic E-state index is -5.15. The van der Waals surface area contributed by atoms with Gasteiger partial charge in [-0.25, -0.2) is 18.4 Å². The van der Waals surface area contributed by atoms with Crippen LogP contribution >= 0.6 is 0 Å². The van der Waals surface area contributed by atoms with Crippen molar-refractivity contribution < 1.29 is 39.6 Å². The molecule has 0 aliphatic heterocycles. The van der Waals surface area contributed by atoms with Crippen LogP contribution < -0.4 is 5.56 Å². The largest absolute Gasteiger partial charge is 0.416 e. The van der Waals surface area contributed by atoms with Gasteiger partial charge in [0, 0.05) is 18.5 Å². The van der Waals surface area contributed by atoms with Crippen LogP contribution in [0.5, 0.6) is 0 Å². The van der Waals surface area contributed by atoms with Gasteiger partial charge in [-0.3, -0.25) is 14.2 Å². The monoisotopic (exact) mass is 665 g/mol. The average Bonchev–Trinajstić information content (AvgIpc) is 3.00. The van der Waals surface area contributed by atoms with Gasteiger partial charge in [-0.15, -0.1) is 0 Å². The Balaban J connectivity index is 1.87. The number of rotatable bonds is 9. The number of hydrogen-bond acceptors (Lipinski definition) is 7. The van der Waals surface area contributed by atoms with Crippen molar-refractivity contribution in [3.05, 3.63) is 99.2 Å². The van der Waals surface area contributed by atoms with Crippen LogP contribution in [0.15, 0.2) is 65.6 Å². The van der Waals surface area contributed by atoms with Crippen molar-refractivity contribution >= 4 is 26.8 Å². The van der Waals surface area contributed by atoms with Gasteiger partial charge in [-0.1, -0.05) is 6.92 Å². The molecule has 0 spiro atoms. The number of hydrogen-bond donors (Lipinski definition) is 0. The summed E-state index contributed by atoms with van der Waals surface area (Å²) in [6, 6.07) is 10.1. The molecule has 0 fully saturated rings. The van der Waals surface area contributed by atoms with E-state index in [0.717, 1.165) is 9.47 Å². The molecule has 2 aromatic carbocycles. The molecule has 2 heterocycles. The van der Waals surface area contributed by atoms with Crippen molar-refractivity contribution in [2.24, 2.45) is 0 Å². The third kappa shape index (κ3) is 7.53. The topological polar surface area (TPSA) is 126 Å². The number of halogens is 6.